The van der Waals surface area contributed by atoms with Crippen LogP contribution in [-0.4, -0.2) is 12.7 Å². The van der Waals surface area contributed by atoms with Gasteiger partial charge < -0.3 is 9.88 Å². The van der Waals surface area contributed by atoms with Crippen molar-refractivity contribution in [3.8, 4) is 0 Å². The van der Waals surface area contributed by atoms with E-state index in [1.54, 1.807) is 0 Å². The number of hydrogen-bond donors (Lipinski definition) is 1. The zero-order valence-corrected chi connectivity index (χ0v) is 13.8. The van der Waals surface area contributed by atoms with Crippen LogP contribution < -0.4 is 15.9 Å². The Morgan fingerprint density at radius 1 is 0.652 bits per heavy atom. The molecule has 23 heavy (non-hydrogen) atoms. The number of para-hydroxylation sites is 1. The third-order valence-electron chi connectivity index (χ3n) is 3.88. The molecule has 0 saturated carbocycles. The maximum Gasteiger partial charge on any atom is 0.144 e. The minimum atomic E-state index is -2.62. The maximum atomic E-state index is 13.8. The molecule has 0 fully saturated rings. The number of hydrogen-bond acceptors (Lipinski definition) is 2. The van der Waals surface area contributed by atoms with Crippen molar-refractivity contribution in [1.82, 2.24) is 0 Å². The number of benzene rings is 3. The van der Waals surface area contributed by atoms with Crippen molar-refractivity contribution in [3.63, 3.8) is 0 Å². The SMILES string of the molecule is O=P(CCNc1ccccc1)(c1ccccc1)c1ccccc1. The fourth-order valence-corrected chi connectivity index (χ4v) is 5.21. The highest BCUT2D eigenvalue weighted by Crippen LogP contribution is 2.42. The summed E-state index contributed by atoms with van der Waals surface area (Å²) >= 11 is 0. The Morgan fingerprint density at radius 3 is 1.57 bits per heavy atom. The van der Waals surface area contributed by atoms with Crippen LogP contribution in [0.4, 0.5) is 5.69 Å². The summed E-state index contributed by atoms with van der Waals surface area (Å²) in [4.78, 5) is 0. The van der Waals surface area contributed by atoms with Crippen LogP contribution >= 0.6 is 7.14 Å². The van der Waals surface area contributed by atoms with Gasteiger partial charge in [-0.3, -0.25) is 0 Å². The van der Waals surface area contributed by atoms with Crippen LogP contribution in [0.3, 0.4) is 0 Å². The lowest BCUT2D eigenvalue weighted by Gasteiger charge is -2.20. The molecule has 0 bridgehead atoms. The van der Waals surface area contributed by atoms with Gasteiger partial charge in [-0.15, -0.1) is 0 Å². The van der Waals surface area contributed by atoms with Gasteiger partial charge in [0.15, 0.2) is 0 Å². The van der Waals surface area contributed by atoms with Crippen molar-refractivity contribution >= 4 is 23.4 Å². The Kier molecular flexibility index (Phi) is 4.95. The van der Waals surface area contributed by atoms with E-state index in [2.05, 4.69) is 5.32 Å². The van der Waals surface area contributed by atoms with E-state index in [1.165, 1.54) is 0 Å². The summed E-state index contributed by atoms with van der Waals surface area (Å²) in [6.07, 6.45) is 0.593. The molecule has 0 heterocycles. The largest absolute Gasteiger partial charge is 0.385 e. The highest BCUT2D eigenvalue weighted by Gasteiger charge is 2.26. The smallest absolute Gasteiger partial charge is 0.144 e. The molecule has 1 N–H and O–H groups in total. The minimum absolute atomic E-state index is 0.593. The summed E-state index contributed by atoms with van der Waals surface area (Å²) in [7, 11) is -2.62. The molecular formula is C20H20NOP. The zero-order chi connectivity index (χ0) is 16.0. The fraction of sp³-hybridized carbons (Fsp3) is 0.100. The molecule has 0 amide bonds. The summed E-state index contributed by atoms with van der Waals surface area (Å²) in [5, 5.41) is 5.20. The first-order valence-corrected chi connectivity index (χ1v) is 9.67. The second-order valence-electron chi connectivity index (χ2n) is 5.43. The number of anilines is 1. The van der Waals surface area contributed by atoms with Crippen molar-refractivity contribution in [2.24, 2.45) is 0 Å². The molecule has 0 saturated heterocycles. The molecule has 0 aromatic heterocycles. The molecule has 3 aromatic rings. The lowest BCUT2D eigenvalue weighted by Crippen LogP contribution is -2.22. The van der Waals surface area contributed by atoms with Gasteiger partial charge in [-0.2, -0.15) is 0 Å². The Balaban J connectivity index is 1.83. The zero-order valence-electron chi connectivity index (χ0n) is 12.9. The van der Waals surface area contributed by atoms with Gasteiger partial charge in [0.2, 0.25) is 0 Å². The maximum absolute atomic E-state index is 13.8. The molecule has 3 heteroatoms. The molecule has 3 aromatic carbocycles. The molecule has 0 aliphatic heterocycles. The predicted molar refractivity (Wildman–Crippen MR) is 99.6 cm³/mol. The van der Waals surface area contributed by atoms with Crippen molar-refractivity contribution in [1.29, 1.82) is 0 Å². The van der Waals surface area contributed by atoms with Gasteiger partial charge in [0.05, 0.1) is 0 Å². The first-order valence-electron chi connectivity index (χ1n) is 7.78. The van der Waals surface area contributed by atoms with Crippen molar-refractivity contribution in [2.45, 2.75) is 0 Å². The van der Waals surface area contributed by atoms with E-state index < -0.39 is 7.14 Å². The lowest BCUT2D eigenvalue weighted by atomic mass is 10.3. The van der Waals surface area contributed by atoms with Gasteiger partial charge in [0.25, 0.3) is 0 Å². The van der Waals surface area contributed by atoms with E-state index >= 15 is 0 Å². The van der Waals surface area contributed by atoms with Crippen LogP contribution in [0.1, 0.15) is 0 Å². The second kappa shape index (κ2) is 7.30. The first-order chi connectivity index (χ1) is 11.3. The average molecular weight is 321 g/mol. The molecule has 0 spiro atoms. The Hall–Kier alpha value is -2.31. The van der Waals surface area contributed by atoms with Crippen LogP contribution in [0.25, 0.3) is 0 Å². The van der Waals surface area contributed by atoms with Crippen LogP contribution in [0.15, 0.2) is 91.0 Å². The molecule has 0 atom stereocenters. The normalized spacial score (nSPS) is 11.1. The van der Waals surface area contributed by atoms with Crippen molar-refractivity contribution in [3.05, 3.63) is 91.0 Å². The fourth-order valence-electron chi connectivity index (χ4n) is 2.66. The Bertz CT molecular complexity index is 729. The Morgan fingerprint density at radius 2 is 1.09 bits per heavy atom. The van der Waals surface area contributed by atoms with E-state index in [9.17, 15) is 4.57 Å². The molecule has 2 nitrogen and oxygen atoms in total. The molecule has 0 radical (unpaired) electrons. The average Bonchev–Trinajstić information content (AvgIpc) is 2.64. The summed E-state index contributed by atoms with van der Waals surface area (Å²) in [6, 6.07) is 29.6. The highest BCUT2D eigenvalue weighted by atomic mass is 31.2. The quantitative estimate of drug-likeness (QED) is 0.692. The van der Waals surface area contributed by atoms with E-state index in [4.69, 9.17) is 0 Å². The van der Waals surface area contributed by atoms with Gasteiger partial charge in [-0.1, -0.05) is 78.9 Å². The molecule has 116 valence electrons. The molecule has 0 aliphatic rings. The highest BCUT2D eigenvalue weighted by molar-refractivity contribution is 7.78. The van der Waals surface area contributed by atoms with E-state index in [-0.39, 0.29) is 0 Å². The van der Waals surface area contributed by atoms with Crippen LogP contribution in [0.2, 0.25) is 0 Å². The molecular weight excluding hydrogens is 301 g/mol. The number of rotatable bonds is 6. The third kappa shape index (κ3) is 3.72. The third-order valence-corrected chi connectivity index (χ3v) is 6.99. The monoisotopic (exact) mass is 321 g/mol. The van der Waals surface area contributed by atoms with Crippen LogP contribution in [0.5, 0.6) is 0 Å². The van der Waals surface area contributed by atoms with E-state index in [1.807, 2.05) is 91.0 Å². The van der Waals surface area contributed by atoms with Gasteiger partial charge in [0, 0.05) is 29.0 Å². The first kappa shape index (κ1) is 15.6. The van der Waals surface area contributed by atoms with Crippen molar-refractivity contribution < 1.29 is 4.57 Å². The summed E-state index contributed by atoms with van der Waals surface area (Å²) in [5.74, 6) is 0. The van der Waals surface area contributed by atoms with Gasteiger partial charge >= 0.3 is 0 Å². The van der Waals surface area contributed by atoms with Gasteiger partial charge in [0.1, 0.15) is 7.14 Å². The summed E-state index contributed by atoms with van der Waals surface area (Å²) in [5.41, 5.74) is 1.06. The van der Waals surface area contributed by atoms with Crippen LogP contribution in [-0.2, 0) is 4.57 Å². The van der Waals surface area contributed by atoms with Gasteiger partial charge in [-0.05, 0) is 12.1 Å². The standard InChI is InChI=1S/C20H20NOP/c22-23(19-12-6-2-7-13-19,20-14-8-3-9-15-20)17-16-21-18-10-4-1-5-11-18/h1-15,21H,16-17H2. The van der Waals surface area contributed by atoms with E-state index in [0.29, 0.717) is 12.7 Å². The summed E-state index contributed by atoms with van der Waals surface area (Å²) < 4.78 is 13.8. The topological polar surface area (TPSA) is 29.1 Å². The molecule has 0 aliphatic carbocycles. The second-order valence-corrected chi connectivity index (χ2v) is 8.39. The molecule has 0 unspecified atom stereocenters. The van der Waals surface area contributed by atoms with Gasteiger partial charge in [-0.25, -0.2) is 0 Å². The van der Waals surface area contributed by atoms with Crippen LogP contribution in [0, 0.1) is 0 Å². The van der Waals surface area contributed by atoms with Crippen molar-refractivity contribution in [2.75, 3.05) is 18.0 Å². The summed E-state index contributed by atoms with van der Waals surface area (Å²) in [6.45, 7) is 0.672. The predicted octanol–water partition coefficient (Wildman–Crippen LogP) is 4.11. The van der Waals surface area contributed by atoms with E-state index in [0.717, 1.165) is 16.3 Å². The molecule has 3 rings (SSSR count). The minimum Gasteiger partial charge on any atom is -0.385 e. The number of nitrogens with one attached hydrogen (secondary N) is 1. The Labute approximate surface area is 137 Å². The lowest BCUT2D eigenvalue weighted by molar-refractivity contribution is 0.587.